The van der Waals surface area contributed by atoms with Crippen molar-refractivity contribution in [3.63, 3.8) is 0 Å². The lowest BCUT2D eigenvalue weighted by atomic mass is 9.81. The average molecular weight is 305 g/mol. The second-order valence-electron chi connectivity index (χ2n) is 5.52. The molecule has 0 aromatic heterocycles. The number of fused-ring (bicyclic) bond motifs is 1. The van der Waals surface area contributed by atoms with Crippen molar-refractivity contribution in [2.45, 2.75) is 35.4 Å². The quantitative estimate of drug-likeness (QED) is 0.875. The van der Waals surface area contributed by atoms with Gasteiger partial charge in [0.25, 0.3) is 0 Å². The van der Waals surface area contributed by atoms with E-state index < -0.39 is 11.6 Å². The van der Waals surface area contributed by atoms with Crippen LogP contribution in [0.4, 0.5) is 8.78 Å². The third-order valence-electron chi connectivity index (χ3n) is 4.04. The molecule has 0 spiro atoms. The van der Waals surface area contributed by atoms with E-state index in [1.807, 2.05) is 18.2 Å². The van der Waals surface area contributed by atoms with Gasteiger partial charge >= 0.3 is 0 Å². The third-order valence-corrected chi connectivity index (χ3v) is 5.42. The summed E-state index contributed by atoms with van der Waals surface area (Å²) in [6.45, 7) is 2.17. The van der Waals surface area contributed by atoms with Crippen LogP contribution in [0.3, 0.4) is 0 Å². The molecule has 0 amide bonds. The Bertz CT molecular complexity index is 659. The van der Waals surface area contributed by atoms with Crippen LogP contribution >= 0.6 is 11.8 Å². The summed E-state index contributed by atoms with van der Waals surface area (Å²) in [6, 6.07) is 11.7. The Balaban J connectivity index is 1.87. The van der Waals surface area contributed by atoms with Gasteiger partial charge in [-0.3, -0.25) is 0 Å². The Morgan fingerprint density at radius 2 is 1.81 bits per heavy atom. The number of thioether (sulfide) groups is 1. The molecule has 0 radical (unpaired) electrons. The van der Waals surface area contributed by atoms with Gasteiger partial charge < -0.3 is 5.73 Å². The summed E-state index contributed by atoms with van der Waals surface area (Å²) in [5, 5.41) is 0.0925. The van der Waals surface area contributed by atoms with Crippen molar-refractivity contribution in [1.29, 1.82) is 0 Å². The Labute approximate surface area is 127 Å². The number of rotatable bonds is 2. The van der Waals surface area contributed by atoms with E-state index in [1.165, 1.54) is 29.5 Å². The fraction of sp³-hybridized carbons (Fsp3) is 0.294. The first kappa shape index (κ1) is 14.5. The largest absolute Gasteiger partial charge is 0.323 e. The lowest BCUT2D eigenvalue weighted by Gasteiger charge is -2.34. The highest BCUT2D eigenvalue weighted by molar-refractivity contribution is 8.00. The summed E-state index contributed by atoms with van der Waals surface area (Å²) in [4.78, 5) is 0.462. The summed E-state index contributed by atoms with van der Waals surface area (Å²) in [5.41, 5.74) is 8.78. The maximum Gasteiger partial charge on any atom is 0.139 e. The zero-order chi connectivity index (χ0) is 15.0. The number of hydrogen-bond acceptors (Lipinski definition) is 2. The molecule has 1 aliphatic carbocycles. The third kappa shape index (κ3) is 2.83. The average Bonchev–Trinajstić information content (AvgIpc) is 2.47. The molecule has 0 heterocycles. The first-order valence-electron chi connectivity index (χ1n) is 7.02. The molecule has 4 heteroatoms. The van der Waals surface area contributed by atoms with Gasteiger partial charge in [0.2, 0.25) is 0 Å². The number of hydrogen-bond donors (Lipinski definition) is 1. The Kier molecular flexibility index (Phi) is 4.00. The zero-order valence-corrected chi connectivity index (χ0v) is 12.5. The van der Waals surface area contributed by atoms with Crippen LogP contribution in [0, 0.1) is 11.6 Å². The smallest absolute Gasteiger partial charge is 0.139 e. The first-order chi connectivity index (χ1) is 10.1. The molecule has 0 bridgehead atoms. The van der Waals surface area contributed by atoms with Crippen molar-refractivity contribution >= 4 is 11.8 Å². The van der Waals surface area contributed by atoms with Gasteiger partial charge in [0.1, 0.15) is 11.6 Å². The van der Waals surface area contributed by atoms with E-state index in [1.54, 1.807) is 0 Å². The van der Waals surface area contributed by atoms with Crippen LogP contribution in [-0.2, 0) is 0 Å². The Morgan fingerprint density at radius 1 is 1.10 bits per heavy atom. The Hall–Kier alpha value is -1.39. The van der Waals surface area contributed by atoms with E-state index >= 15 is 0 Å². The minimum atomic E-state index is -0.552. The van der Waals surface area contributed by atoms with Crippen molar-refractivity contribution in [2.75, 3.05) is 0 Å². The van der Waals surface area contributed by atoms with Gasteiger partial charge in [-0.1, -0.05) is 31.2 Å². The minimum absolute atomic E-state index is 0.0925. The molecule has 0 fully saturated rings. The highest BCUT2D eigenvalue weighted by Gasteiger charge is 2.31. The normalized spacial score (nSPS) is 24.7. The molecule has 3 rings (SSSR count). The zero-order valence-electron chi connectivity index (χ0n) is 11.7. The highest BCUT2D eigenvalue weighted by Crippen LogP contribution is 2.44. The van der Waals surface area contributed by atoms with Crippen molar-refractivity contribution < 1.29 is 8.78 Å². The summed E-state index contributed by atoms with van der Waals surface area (Å²) in [7, 11) is 0. The van der Waals surface area contributed by atoms with E-state index in [4.69, 9.17) is 5.73 Å². The number of nitrogens with two attached hydrogens (primary N) is 1. The van der Waals surface area contributed by atoms with Crippen molar-refractivity contribution in [1.82, 2.24) is 0 Å². The van der Waals surface area contributed by atoms with Gasteiger partial charge in [-0.2, -0.15) is 0 Å². The predicted octanol–water partition coefficient (Wildman–Crippen LogP) is 4.63. The van der Waals surface area contributed by atoms with Crippen LogP contribution in [-0.4, -0.2) is 5.25 Å². The molecule has 3 atom stereocenters. The van der Waals surface area contributed by atoms with E-state index in [0.29, 0.717) is 10.8 Å². The molecule has 2 aromatic carbocycles. The van der Waals surface area contributed by atoms with Gasteiger partial charge in [-0.05, 0) is 35.6 Å². The summed E-state index contributed by atoms with van der Waals surface area (Å²) in [6.07, 6.45) is 0.889. The van der Waals surface area contributed by atoms with Crippen LogP contribution in [0.25, 0.3) is 0 Å². The molecule has 3 unspecified atom stereocenters. The topological polar surface area (TPSA) is 26.0 Å². The molecule has 0 saturated heterocycles. The monoisotopic (exact) mass is 305 g/mol. The summed E-state index contributed by atoms with van der Waals surface area (Å²) in [5.74, 6) is -0.677. The van der Waals surface area contributed by atoms with Gasteiger partial charge in [0.05, 0.1) is 0 Å². The van der Waals surface area contributed by atoms with Crippen molar-refractivity contribution in [3.8, 4) is 0 Å². The van der Waals surface area contributed by atoms with E-state index in [0.717, 1.165) is 18.1 Å². The molecule has 1 nitrogen and oxygen atoms in total. The van der Waals surface area contributed by atoms with E-state index in [-0.39, 0.29) is 11.3 Å². The molecule has 0 saturated carbocycles. The molecule has 110 valence electrons. The lowest BCUT2D eigenvalue weighted by molar-refractivity contribution is 0.525. The van der Waals surface area contributed by atoms with Gasteiger partial charge in [0.15, 0.2) is 0 Å². The van der Waals surface area contributed by atoms with Crippen molar-refractivity contribution in [2.24, 2.45) is 5.73 Å². The lowest BCUT2D eigenvalue weighted by Crippen LogP contribution is -2.30. The maximum absolute atomic E-state index is 13.8. The summed E-state index contributed by atoms with van der Waals surface area (Å²) >= 11 is 1.41. The van der Waals surface area contributed by atoms with Gasteiger partial charge in [-0.15, -0.1) is 11.8 Å². The highest BCUT2D eigenvalue weighted by atomic mass is 32.2. The Morgan fingerprint density at radius 3 is 2.52 bits per heavy atom. The van der Waals surface area contributed by atoms with Crippen LogP contribution < -0.4 is 5.73 Å². The second kappa shape index (κ2) is 5.78. The van der Waals surface area contributed by atoms with Crippen LogP contribution in [0.15, 0.2) is 47.4 Å². The van der Waals surface area contributed by atoms with Crippen LogP contribution in [0.5, 0.6) is 0 Å². The van der Waals surface area contributed by atoms with Gasteiger partial charge in [0, 0.05) is 22.3 Å². The molecular formula is C17H17F2NS. The number of benzene rings is 2. The van der Waals surface area contributed by atoms with Gasteiger partial charge in [-0.25, -0.2) is 8.78 Å². The van der Waals surface area contributed by atoms with E-state index in [9.17, 15) is 8.78 Å². The number of halogens is 2. The molecule has 21 heavy (non-hydrogen) atoms. The minimum Gasteiger partial charge on any atom is -0.323 e. The molecule has 2 aromatic rings. The van der Waals surface area contributed by atoms with Crippen molar-refractivity contribution in [3.05, 3.63) is 65.2 Å². The second-order valence-corrected chi connectivity index (χ2v) is 6.80. The summed E-state index contributed by atoms with van der Waals surface area (Å²) < 4.78 is 26.8. The molecule has 0 aliphatic heterocycles. The van der Waals surface area contributed by atoms with Crippen LogP contribution in [0.1, 0.15) is 36.4 Å². The predicted molar refractivity (Wildman–Crippen MR) is 82.4 cm³/mol. The fourth-order valence-electron chi connectivity index (χ4n) is 2.94. The molecule has 1 aliphatic rings. The molecular weight excluding hydrogens is 288 g/mol. The maximum atomic E-state index is 13.8. The standard InChI is InChI=1S/C17H17F2NS/c1-10-8-16(17(20)13-5-3-2-4-12(10)13)21-15-7-6-11(18)9-14(15)19/h2-7,9-10,16-17H,8,20H2,1H3. The fourth-order valence-corrected chi connectivity index (χ4v) is 4.26. The molecule has 2 N–H and O–H groups in total. The van der Waals surface area contributed by atoms with Crippen LogP contribution in [0.2, 0.25) is 0 Å². The van der Waals surface area contributed by atoms with E-state index in [2.05, 4.69) is 13.0 Å². The SMILES string of the molecule is CC1CC(Sc2ccc(F)cc2F)C(N)c2ccccc21. The first-order valence-corrected chi connectivity index (χ1v) is 7.90.